The van der Waals surface area contributed by atoms with Crippen molar-refractivity contribution in [2.45, 2.75) is 19.9 Å². The number of benzene rings is 1. The highest BCUT2D eigenvalue weighted by Gasteiger charge is 2.24. The fraction of sp³-hybridized carbons (Fsp3) is 0.231. The SMILES string of the molecule is Cc1c(Cl)cnn1C(C)C(=O)Nc1c(F)c(F)cc(F)c1F. The van der Waals surface area contributed by atoms with Gasteiger partial charge in [0, 0.05) is 6.07 Å². The van der Waals surface area contributed by atoms with Crippen LogP contribution in [0.2, 0.25) is 5.02 Å². The Balaban J connectivity index is 2.32. The van der Waals surface area contributed by atoms with Gasteiger partial charge < -0.3 is 5.32 Å². The zero-order chi connectivity index (χ0) is 16.6. The van der Waals surface area contributed by atoms with Crippen molar-refractivity contribution in [3.8, 4) is 0 Å². The molecule has 0 fully saturated rings. The summed E-state index contributed by atoms with van der Waals surface area (Å²) in [4.78, 5) is 12.0. The normalized spacial score (nSPS) is 12.3. The van der Waals surface area contributed by atoms with Crippen molar-refractivity contribution >= 4 is 23.2 Å². The molecule has 1 atom stereocenters. The molecule has 22 heavy (non-hydrogen) atoms. The number of amides is 1. The molecule has 0 spiro atoms. The lowest BCUT2D eigenvalue weighted by atomic mass is 10.2. The van der Waals surface area contributed by atoms with Gasteiger partial charge in [0.05, 0.1) is 16.9 Å². The Hall–Kier alpha value is -2.09. The van der Waals surface area contributed by atoms with Crippen molar-refractivity contribution in [1.29, 1.82) is 0 Å². The van der Waals surface area contributed by atoms with Crippen LogP contribution in [0.5, 0.6) is 0 Å². The summed E-state index contributed by atoms with van der Waals surface area (Å²) in [5.74, 6) is -7.50. The number of anilines is 1. The lowest BCUT2D eigenvalue weighted by molar-refractivity contribution is -0.119. The number of hydrogen-bond acceptors (Lipinski definition) is 2. The van der Waals surface area contributed by atoms with Gasteiger partial charge in [-0.3, -0.25) is 9.48 Å². The van der Waals surface area contributed by atoms with Crippen LogP contribution in [0.15, 0.2) is 12.3 Å². The largest absolute Gasteiger partial charge is 0.319 e. The van der Waals surface area contributed by atoms with Crippen molar-refractivity contribution < 1.29 is 22.4 Å². The Morgan fingerprint density at radius 3 is 2.27 bits per heavy atom. The second kappa shape index (κ2) is 5.96. The van der Waals surface area contributed by atoms with Gasteiger partial charge in [-0.1, -0.05) is 11.6 Å². The van der Waals surface area contributed by atoms with Crippen molar-refractivity contribution in [2.24, 2.45) is 0 Å². The van der Waals surface area contributed by atoms with Gasteiger partial charge in [-0.15, -0.1) is 0 Å². The number of halogens is 5. The molecular formula is C13H10ClF4N3O. The van der Waals surface area contributed by atoms with E-state index in [0.29, 0.717) is 10.7 Å². The van der Waals surface area contributed by atoms with Gasteiger partial charge in [0.2, 0.25) is 5.91 Å². The molecule has 0 aliphatic heterocycles. The minimum absolute atomic E-state index is 0.0567. The Morgan fingerprint density at radius 1 is 1.27 bits per heavy atom. The number of nitrogens with one attached hydrogen (secondary N) is 1. The molecule has 1 N–H and O–H groups in total. The molecule has 0 bridgehead atoms. The van der Waals surface area contributed by atoms with E-state index < -0.39 is 40.9 Å². The summed E-state index contributed by atoms with van der Waals surface area (Å²) in [5, 5.41) is 5.97. The van der Waals surface area contributed by atoms with Crippen LogP contribution in [-0.2, 0) is 4.79 Å². The number of hydrogen-bond donors (Lipinski definition) is 1. The molecular weight excluding hydrogens is 326 g/mol. The van der Waals surface area contributed by atoms with Crippen LogP contribution in [-0.4, -0.2) is 15.7 Å². The predicted octanol–water partition coefficient (Wildman–Crippen LogP) is 3.60. The average molecular weight is 336 g/mol. The highest BCUT2D eigenvalue weighted by molar-refractivity contribution is 6.31. The Morgan fingerprint density at radius 2 is 1.82 bits per heavy atom. The predicted molar refractivity (Wildman–Crippen MR) is 71.6 cm³/mol. The van der Waals surface area contributed by atoms with E-state index in [0.717, 1.165) is 0 Å². The van der Waals surface area contributed by atoms with E-state index in [1.165, 1.54) is 17.8 Å². The zero-order valence-electron chi connectivity index (χ0n) is 11.4. The van der Waals surface area contributed by atoms with E-state index in [1.54, 1.807) is 6.92 Å². The summed E-state index contributed by atoms with van der Waals surface area (Å²) in [6.07, 6.45) is 1.30. The second-order valence-corrected chi connectivity index (χ2v) is 4.94. The third kappa shape index (κ3) is 2.78. The molecule has 1 aromatic carbocycles. The molecule has 0 saturated heterocycles. The van der Waals surface area contributed by atoms with Crippen LogP contribution >= 0.6 is 11.6 Å². The zero-order valence-corrected chi connectivity index (χ0v) is 12.2. The van der Waals surface area contributed by atoms with E-state index in [-0.39, 0.29) is 6.07 Å². The van der Waals surface area contributed by atoms with Crippen LogP contribution in [0.4, 0.5) is 23.2 Å². The quantitative estimate of drug-likeness (QED) is 0.688. The monoisotopic (exact) mass is 335 g/mol. The van der Waals surface area contributed by atoms with Gasteiger partial charge in [0.25, 0.3) is 0 Å². The Bertz CT molecular complexity index is 721. The lowest BCUT2D eigenvalue weighted by Crippen LogP contribution is -2.26. The van der Waals surface area contributed by atoms with E-state index in [1.807, 2.05) is 5.32 Å². The van der Waals surface area contributed by atoms with Gasteiger partial charge in [0.1, 0.15) is 11.7 Å². The first-order valence-electron chi connectivity index (χ1n) is 6.07. The van der Waals surface area contributed by atoms with Gasteiger partial charge in [-0.2, -0.15) is 5.10 Å². The van der Waals surface area contributed by atoms with Crippen molar-refractivity contribution in [2.75, 3.05) is 5.32 Å². The summed E-state index contributed by atoms with van der Waals surface area (Å²) in [6, 6.07) is -0.945. The molecule has 0 aliphatic carbocycles. The number of nitrogens with zero attached hydrogens (tertiary/aromatic N) is 2. The maximum Gasteiger partial charge on any atom is 0.249 e. The molecule has 0 aliphatic rings. The van der Waals surface area contributed by atoms with Crippen LogP contribution in [0.3, 0.4) is 0 Å². The molecule has 2 aromatic rings. The summed E-state index contributed by atoms with van der Waals surface area (Å²) in [5.41, 5.74) is -0.735. The minimum Gasteiger partial charge on any atom is -0.319 e. The van der Waals surface area contributed by atoms with Crippen LogP contribution in [0.25, 0.3) is 0 Å². The Labute approximate surface area is 127 Å². The van der Waals surface area contributed by atoms with Gasteiger partial charge in [-0.05, 0) is 13.8 Å². The van der Waals surface area contributed by atoms with E-state index in [2.05, 4.69) is 5.10 Å². The average Bonchev–Trinajstić information content (AvgIpc) is 2.80. The first kappa shape index (κ1) is 16.3. The van der Waals surface area contributed by atoms with Crippen LogP contribution in [0, 0.1) is 30.2 Å². The topological polar surface area (TPSA) is 46.9 Å². The molecule has 118 valence electrons. The molecule has 0 radical (unpaired) electrons. The fourth-order valence-electron chi connectivity index (χ4n) is 1.81. The number of rotatable bonds is 3. The van der Waals surface area contributed by atoms with Crippen molar-refractivity contribution in [1.82, 2.24) is 9.78 Å². The first-order valence-corrected chi connectivity index (χ1v) is 6.45. The van der Waals surface area contributed by atoms with Crippen LogP contribution < -0.4 is 5.32 Å². The maximum absolute atomic E-state index is 13.5. The van der Waals surface area contributed by atoms with E-state index in [9.17, 15) is 22.4 Å². The van der Waals surface area contributed by atoms with Gasteiger partial charge in [0.15, 0.2) is 23.3 Å². The molecule has 1 heterocycles. The molecule has 9 heteroatoms. The summed E-state index contributed by atoms with van der Waals surface area (Å²) < 4.78 is 54.4. The standard InChI is InChI=1S/C13H10ClF4N3O/c1-5-7(14)4-19-21(5)6(2)13(22)20-12-10(17)8(15)3-9(16)11(12)18/h3-4,6H,1-2H3,(H,20,22). The summed E-state index contributed by atoms with van der Waals surface area (Å²) >= 11 is 5.80. The van der Waals surface area contributed by atoms with Gasteiger partial charge >= 0.3 is 0 Å². The maximum atomic E-state index is 13.5. The Kier molecular flexibility index (Phi) is 4.41. The molecule has 1 unspecified atom stereocenters. The smallest absolute Gasteiger partial charge is 0.249 e. The molecule has 1 amide bonds. The molecule has 0 saturated carbocycles. The third-order valence-corrected chi connectivity index (χ3v) is 3.46. The summed E-state index contributed by atoms with van der Waals surface area (Å²) in [6.45, 7) is 2.97. The lowest BCUT2D eigenvalue weighted by Gasteiger charge is -2.15. The highest BCUT2D eigenvalue weighted by Crippen LogP contribution is 2.25. The van der Waals surface area contributed by atoms with Gasteiger partial charge in [-0.25, -0.2) is 17.6 Å². The second-order valence-electron chi connectivity index (χ2n) is 4.53. The third-order valence-electron chi connectivity index (χ3n) is 3.09. The minimum atomic E-state index is -1.69. The first-order chi connectivity index (χ1) is 10.2. The fourth-order valence-corrected chi connectivity index (χ4v) is 1.94. The number of carbonyl (C=O) groups excluding carboxylic acids is 1. The van der Waals surface area contributed by atoms with E-state index in [4.69, 9.17) is 11.6 Å². The van der Waals surface area contributed by atoms with Crippen LogP contribution in [0.1, 0.15) is 18.7 Å². The molecule has 1 aromatic heterocycles. The van der Waals surface area contributed by atoms with Crippen molar-refractivity contribution in [3.05, 3.63) is 46.2 Å². The number of aromatic nitrogens is 2. The number of carbonyl (C=O) groups is 1. The highest BCUT2D eigenvalue weighted by atomic mass is 35.5. The molecule has 2 rings (SSSR count). The van der Waals surface area contributed by atoms with Crippen molar-refractivity contribution in [3.63, 3.8) is 0 Å². The summed E-state index contributed by atoms with van der Waals surface area (Å²) in [7, 11) is 0. The van der Waals surface area contributed by atoms with E-state index >= 15 is 0 Å². The molecule has 4 nitrogen and oxygen atoms in total.